The Labute approximate surface area is 210 Å². The zero-order valence-corrected chi connectivity index (χ0v) is 19.7. The van der Waals surface area contributed by atoms with E-state index in [1.54, 1.807) is 0 Å². The molecule has 15 atom stereocenters. The van der Waals surface area contributed by atoms with Crippen LogP contribution in [0.5, 0.6) is 0 Å². The Bertz CT molecular complexity index is 745. The monoisotopic (exact) mass is 545 g/mol. The van der Waals surface area contributed by atoms with Gasteiger partial charge in [-0.15, -0.1) is 0 Å². The lowest BCUT2D eigenvalue weighted by atomic mass is 9.96. The zero-order chi connectivity index (χ0) is 27.6. The van der Waals surface area contributed by atoms with E-state index >= 15 is 0 Å². The average molecular weight is 545 g/mol. The van der Waals surface area contributed by atoms with E-state index in [0.29, 0.717) is 0 Å². The highest BCUT2D eigenvalue weighted by Crippen LogP contribution is 2.30. The molecule has 3 heterocycles. The van der Waals surface area contributed by atoms with Gasteiger partial charge in [0.25, 0.3) is 0 Å². The summed E-state index contributed by atoms with van der Waals surface area (Å²) in [4.78, 5) is 11.6. The number of ether oxygens (including phenoxy) is 5. The van der Waals surface area contributed by atoms with Crippen LogP contribution in [0, 0.1) is 0 Å². The maximum Gasteiger partial charge on any atom is 0.217 e. The van der Waals surface area contributed by atoms with Crippen LogP contribution in [0.2, 0.25) is 0 Å². The lowest BCUT2D eigenvalue weighted by molar-refractivity contribution is -0.360. The largest absolute Gasteiger partial charge is 0.394 e. The molecule has 0 aromatic rings. The second-order valence-electron chi connectivity index (χ2n) is 9.11. The van der Waals surface area contributed by atoms with Gasteiger partial charge in [-0.25, -0.2) is 0 Å². The second kappa shape index (κ2) is 12.8. The molecule has 216 valence electrons. The number of aliphatic hydroxyl groups excluding tert-OH is 10. The van der Waals surface area contributed by atoms with E-state index in [-0.39, 0.29) is 0 Å². The number of nitrogens with one attached hydrogen (secondary N) is 1. The van der Waals surface area contributed by atoms with Gasteiger partial charge in [0, 0.05) is 6.92 Å². The van der Waals surface area contributed by atoms with Crippen LogP contribution in [-0.2, 0) is 28.5 Å². The molecule has 0 radical (unpaired) electrons. The first-order chi connectivity index (χ1) is 17.4. The molecule has 3 rings (SSSR count). The molecule has 0 aromatic heterocycles. The Kier molecular flexibility index (Phi) is 10.5. The SMILES string of the molecule is CC(=O)N[C@H]1C(OC[C@H]2O[C@@H](O[C@H]3[C@H](O)[C@@H](O)[C@@H](O)O[C@@H]3CO)[C@H](O)[C@@H](O)[C@H]2O)O[C@H](CO)[C@H](O)[C@@H]1O. The van der Waals surface area contributed by atoms with Gasteiger partial charge in [-0.3, -0.25) is 4.79 Å². The van der Waals surface area contributed by atoms with Gasteiger partial charge >= 0.3 is 0 Å². The summed E-state index contributed by atoms with van der Waals surface area (Å²) in [6, 6.07) is -1.30. The minimum Gasteiger partial charge on any atom is -0.394 e. The van der Waals surface area contributed by atoms with Crippen molar-refractivity contribution in [2.24, 2.45) is 0 Å². The van der Waals surface area contributed by atoms with Gasteiger partial charge in [-0.05, 0) is 0 Å². The lowest BCUT2D eigenvalue weighted by Gasteiger charge is -2.46. The van der Waals surface area contributed by atoms with Gasteiger partial charge in [-0.1, -0.05) is 0 Å². The van der Waals surface area contributed by atoms with Crippen molar-refractivity contribution < 1.29 is 79.5 Å². The van der Waals surface area contributed by atoms with Gasteiger partial charge in [0.15, 0.2) is 18.9 Å². The molecule has 37 heavy (non-hydrogen) atoms. The molecule has 0 bridgehead atoms. The minimum absolute atomic E-state index is 0.596. The van der Waals surface area contributed by atoms with Crippen LogP contribution in [0.4, 0.5) is 0 Å². The molecular weight excluding hydrogens is 510 g/mol. The maximum atomic E-state index is 11.6. The third kappa shape index (κ3) is 6.55. The van der Waals surface area contributed by atoms with Crippen molar-refractivity contribution in [3.8, 4) is 0 Å². The Hall–Kier alpha value is -1.13. The van der Waals surface area contributed by atoms with E-state index < -0.39 is 118 Å². The summed E-state index contributed by atoms with van der Waals surface area (Å²) in [6.07, 6.45) is -23.0. The topological polar surface area (TPSA) is 278 Å². The van der Waals surface area contributed by atoms with E-state index in [1.807, 2.05) is 0 Å². The molecule has 1 unspecified atom stereocenters. The Morgan fingerprint density at radius 2 is 1.30 bits per heavy atom. The fourth-order valence-corrected chi connectivity index (χ4v) is 4.36. The van der Waals surface area contributed by atoms with Crippen LogP contribution >= 0.6 is 0 Å². The van der Waals surface area contributed by atoms with Crippen molar-refractivity contribution in [2.75, 3.05) is 19.8 Å². The summed E-state index contributed by atoms with van der Waals surface area (Å²) in [5.41, 5.74) is 0. The standard InChI is InChI=1S/C20H35NO16/c1-5(24)21-9-12(27)10(25)6(2-22)35-19(9)33-4-8-11(26)13(28)16(31)20(36-8)37-17-7(3-23)34-18(32)15(30)14(17)29/h6-20,22-23,25-32H,2-4H2,1H3,(H,21,24)/t6-,7-,8-,9-,10+,11+,12-,13+,14-,15-,16-,17-,18+,19?,20+/m1/s1. The van der Waals surface area contributed by atoms with Crippen LogP contribution in [0.1, 0.15) is 6.92 Å². The normalized spacial score (nSPS) is 49.0. The van der Waals surface area contributed by atoms with Crippen LogP contribution in [-0.4, -0.2) is 169 Å². The van der Waals surface area contributed by atoms with E-state index in [9.17, 15) is 55.9 Å². The molecule has 3 aliphatic heterocycles. The zero-order valence-electron chi connectivity index (χ0n) is 19.7. The molecule has 11 N–H and O–H groups in total. The minimum atomic E-state index is -1.88. The molecule has 0 aliphatic carbocycles. The molecule has 17 heteroatoms. The van der Waals surface area contributed by atoms with E-state index in [1.165, 1.54) is 0 Å². The Morgan fingerprint density at radius 3 is 1.89 bits per heavy atom. The number of aliphatic hydroxyl groups is 10. The first-order valence-electron chi connectivity index (χ1n) is 11.6. The summed E-state index contributed by atoms with van der Waals surface area (Å²) in [5.74, 6) is -0.601. The summed E-state index contributed by atoms with van der Waals surface area (Å²) in [7, 11) is 0. The van der Waals surface area contributed by atoms with Gasteiger partial charge in [0.1, 0.15) is 73.2 Å². The third-order valence-electron chi connectivity index (χ3n) is 6.47. The quantitative estimate of drug-likeness (QED) is 0.135. The molecule has 3 aliphatic rings. The van der Waals surface area contributed by atoms with Crippen molar-refractivity contribution >= 4 is 5.91 Å². The predicted molar refractivity (Wildman–Crippen MR) is 113 cm³/mol. The summed E-state index contributed by atoms with van der Waals surface area (Å²) in [5, 5.41) is 103. The van der Waals surface area contributed by atoms with Crippen LogP contribution in [0.3, 0.4) is 0 Å². The second-order valence-corrected chi connectivity index (χ2v) is 9.11. The Morgan fingerprint density at radius 1 is 0.703 bits per heavy atom. The molecule has 3 saturated heterocycles. The smallest absolute Gasteiger partial charge is 0.217 e. The number of carbonyl (C=O) groups excluding carboxylic acids is 1. The summed E-state index contributed by atoms with van der Waals surface area (Å²) < 4.78 is 26.9. The fourth-order valence-electron chi connectivity index (χ4n) is 4.36. The predicted octanol–water partition coefficient (Wildman–Crippen LogP) is -7.43. The number of hydrogen-bond acceptors (Lipinski definition) is 16. The van der Waals surface area contributed by atoms with Crippen molar-refractivity contribution in [2.45, 2.75) is 99.0 Å². The molecule has 17 nitrogen and oxygen atoms in total. The van der Waals surface area contributed by atoms with Gasteiger partial charge in [0.2, 0.25) is 5.91 Å². The van der Waals surface area contributed by atoms with E-state index in [2.05, 4.69) is 5.32 Å². The first-order valence-corrected chi connectivity index (χ1v) is 11.6. The highest BCUT2D eigenvalue weighted by Gasteiger charge is 2.51. The summed E-state index contributed by atoms with van der Waals surface area (Å²) >= 11 is 0. The summed E-state index contributed by atoms with van der Waals surface area (Å²) in [6.45, 7) is -0.926. The molecule has 0 spiro atoms. The third-order valence-corrected chi connectivity index (χ3v) is 6.47. The molecular formula is C20H35NO16. The van der Waals surface area contributed by atoms with Gasteiger partial charge in [-0.2, -0.15) is 0 Å². The molecule has 0 aromatic carbocycles. The number of carbonyl (C=O) groups is 1. The highest BCUT2D eigenvalue weighted by molar-refractivity contribution is 5.73. The number of rotatable bonds is 8. The highest BCUT2D eigenvalue weighted by atomic mass is 16.7. The van der Waals surface area contributed by atoms with Gasteiger partial charge < -0.3 is 80.1 Å². The maximum absolute atomic E-state index is 11.6. The first kappa shape index (κ1) is 30.4. The molecule has 3 fully saturated rings. The van der Waals surface area contributed by atoms with E-state index in [4.69, 9.17) is 23.7 Å². The molecule has 1 amide bonds. The van der Waals surface area contributed by atoms with Crippen molar-refractivity contribution in [3.63, 3.8) is 0 Å². The van der Waals surface area contributed by atoms with Gasteiger partial charge in [0.05, 0.1) is 19.8 Å². The van der Waals surface area contributed by atoms with E-state index in [0.717, 1.165) is 6.92 Å². The van der Waals surface area contributed by atoms with Crippen molar-refractivity contribution in [1.82, 2.24) is 5.32 Å². The van der Waals surface area contributed by atoms with Crippen molar-refractivity contribution in [3.05, 3.63) is 0 Å². The van der Waals surface area contributed by atoms with Crippen LogP contribution in [0.15, 0.2) is 0 Å². The van der Waals surface area contributed by atoms with Crippen molar-refractivity contribution in [1.29, 1.82) is 0 Å². The Balaban J connectivity index is 1.71. The average Bonchev–Trinajstić information content (AvgIpc) is 2.86. The number of amides is 1. The lowest BCUT2D eigenvalue weighted by Crippen LogP contribution is -2.66. The fraction of sp³-hybridized carbons (Fsp3) is 0.950. The number of hydrogen-bond donors (Lipinski definition) is 11. The van der Waals surface area contributed by atoms with Crippen LogP contribution < -0.4 is 5.32 Å². The van der Waals surface area contributed by atoms with Crippen LogP contribution in [0.25, 0.3) is 0 Å². The molecule has 0 saturated carbocycles.